The molecule has 16 heteroatoms. The lowest BCUT2D eigenvalue weighted by Gasteiger charge is -2.26. The number of nitrogens with zero attached hydrogens (tertiary/aromatic N) is 3. The Morgan fingerprint density at radius 2 is 1.98 bits per heavy atom. The fourth-order valence-electron chi connectivity index (χ4n) is 4.25. The molecule has 0 unspecified atom stereocenters. The molecule has 1 aliphatic heterocycles. The number of amides is 2. The predicted octanol–water partition coefficient (Wildman–Crippen LogP) is 3.06. The number of halogens is 5. The highest BCUT2D eigenvalue weighted by molar-refractivity contribution is 7.91. The van der Waals surface area contributed by atoms with Crippen molar-refractivity contribution in [2.45, 2.75) is 32.0 Å². The Balaban J connectivity index is 1.74. The minimum absolute atomic E-state index is 0.0120. The molecule has 0 bridgehead atoms. The molecule has 3 heterocycles. The summed E-state index contributed by atoms with van der Waals surface area (Å²) in [6.45, 7) is 0.0351. The Labute approximate surface area is 224 Å². The number of carbonyl (C=O) groups excluding carboxylic acids is 2. The fraction of sp³-hybridized carbons (Fsp3) is 0.333. The van der Waals surface area contributed by atoms with E-state index >= 15 is 4.39 Å². The van der Waals surface area contributed by atoms with Gasteiger partial charge in [-0.05, 0) is 30.2 Å². The van der Waals surface area contributed by atoms with Gasteiger partial charge in [0.2, 0.25) is 5.91 Å². The Hall–Kier alpha value is -4.08. The van der Waals surface area contributed by atoms with Gasteiger partial charge in [-0.1, -0.05) is 6.92 Å². The number of sulfone groups is 1. The normalized spacial score (nSPS) is 15.4. The van der Waals surface area contributed by atoms with Crippen molar-refractivity contribution in [1.29, 1.82) is 0 Å². The van der Waals surface area contributed by atoms with Crippen molar-refractivity contribution in [2.75, 3.05) is 23.9 Å². The minimum Gasteiger partial charge on any atom is -0.484 e. The van der Waals surface area contributed by atoms with Gasteiger partial charge in [0.25, 0.3) is 5.91 Å². The van der Waals surface area contributed by atoms with Crippen molar-refractivity contribution in [3.63, 3.8) is 0 Å². The summed E-state index contributed by atoms with van der Waals surface area (Å²) < 4.78 is 95.3. The number of alkyl halides is 3. The summed E-state index contributed by atoms with van der Waals surface area (Å²) >= 11 is 0. The molecule has 1 atom stereocenters. The van der Waals surface area contributed by atoms with Crippen LogP contribution in [0, 0.1) is 11.6 Å². The molecule has 3 aromatic rings. The highest BCUT2D eigenvalue weighted by Gasteiger charge is 2.36. The van der Waals surface area contributed by atoms with Crippen molar-refractivity contribution in [2.24, 2.45) is 0 Å². The quantitative estimate of drug-likeness (QED) is 0.387. The molecule has 40 heavy (non-hydrogen) atoms. The van der Waals surface area contributed by atoms with Crippen LogP contribution in [0.1, 0.15) is 40.1 Å². The second-order valence-corrected chi connectivity index (χ2v) is 11.1. The Morgan fingerprint density at radius 1 is 1.25 bits per heavy atom. The van der Waals surface area contributed by atoms with Crippen LogP contribution in [-0.4, -0.2) is 59.8 Å². The molecule has 1 aromatic carbocycles. The third-order valence-electron chi connectivity index (χ3n) is 5.79. The van der Waals surface area contributed by atoms with Crippen LogP contribution in [0.2, 0.25) is 0 Å². The number of rotatable bonds is 8. The lowest BCUT2D eigenvalue weighted by atomic mass is 9.91. The lowest BCUT2D eigenvalue weighted by Crippen LogP contribution is -2.37. The summed E-state index contributed by atoms with van der Waals surface area (Å²) in [6, 6.07) is 3.31. The van der Waals surface area contributed by atoms with Crippen LogP contribution in [0.5, 0.6) is 5.75 Å². The van der Waals surface area contributed by atoms with Gasteiger partial charge < -0.3 is 15.4 Å². The summed E-state index contributed by atoms with van der Waals surface area (Å²) in [6.07, 6.45) is -2.84. The van der Waals surface area contributed by atoms with Crippen molar-refractivity contribution in [3.05, 3.63) is 64.5 Å². The van der Waals surface area contributed by atoms with Gasteiger partial charge in [-0.25, -0.2) is 22.2 Å². The van der Waals surface area contributed by atoms with E-state index in [9.17, 15) is 35.6 Å². The number of aromatic nitrogens is 3. The monoisotopic (exact) mass is 587 g/mol. The smallest absolute Gasteiger partial charge is 0.422 e. The van der Waals surface area contributed by atoms with Crippen LogP contribution >= 0.6 is 0 Å². The molecular formula is C24H22F5N5O5S. The maximum Gasteiger partial charge on any atom is 0.422 e. The molecule has 0 saturated carbocycles. The van der Waals surface area contributed by atoms with Gasteiger partial charge in [0.1, 0.15) is 28.7 Å². The molecule has 0 radical (unpaired) electrons. The van der Waals surface area contributed by atoms with Gasteiger partial charge in [-0.3, -0.25) is 9.59 Å². The number of nitrogens with one attached hydrogen (secondary N) is 2. The van der Waals surface area contributed by atoms with E-state index in [0.29, 0.717) is 0 Å². The molecule has 2 amide bonds. The first-order chi connectivity index (χ1) is 18.6. The number of fused-ring (bicyclic) bond motifs is 1. The number of hydrogen-bond donors (Lipinski definition) is 2. The first-order valence-electron chi connectivity index (χ1n) is 11.7. The molecule has 10 nitrogen and oxygen atoms in total. The van der Waals surface area contributed by atoms with Crippen LogP contribution in [-0.2, 0) is 27.5 Å². The molecule has 0 fully saturated rings. The standard InChI is InChI=1S/C24H22F5N5O5S/c1-3-12-6-14(39-11-24(27,28)29)7-15(26)20(12)16-8-17-21(23(36)31-16)22(32-19(35)10-40(2,37)38)34(33-17)18-5-4-13(25)9-30-18/h4-7,9,16H,3,8,10-11H2,1-2H3,(H,31,36)(H,32,35)/t16-/m1/s1. The Kier molecular flexibility index (Phi) is 7.83. The third kappa shape index (κ3) is 6.55. The number of anilines is 1. The lowest BCUT2D eigenvalue weighted by molar-refractivity contribution is -0.153. The van der Waals surface area contributed by atoms with E-state index in [-0.39, 0.29) is 52.6 Å². The Morgan fingerprint density at radius 3 is 2.58 bits per heavy atom. The zero-order chi connectivity index (χ0) is 29.4. The molecule has 4 rings (SSSR count). The van der Waals surface area contributed by atoms with Gasteiger partial charge in [-0.2, -0.15) is 23.0 Å². The van der Waals surface area contributed by atoms with Crippen LogP contribution in [0.25, 0.3) is 5.82 Å². The molecule has 0 saturated heterocycles. The van der Waals surface area contributed by atoms with Crippen molar-refractivity contribution in [1.82, 2.24) is 20.1 Å². The maximum absolute atomic E-state index is 15.2. The van der Waals surface area contributed by atoms with Gasteiger partial charge >= 0.3 is 6.18 Å². The molecule has 1 aliphatic rings. The molecule has 214 valence electrons. The zero-order valence-corrected chi connectivity index (χ0v) is 21.8. The SMILES string of the molecule is CCc1cc(OCC(F)(F)F)cc(F)c1[C@H]1Cc2nn(-c3ccc(F)cn3)c(NC(=O)CS(C)(=O)=O)c2C(=O)N1. The summed E-state index contributed by atoms with van der Waals surface area (Å²) in [5, 5.41) is 9.28. The van der Waals surface area contributed by atoms with Crippen molar-refractivity contribution < 1.29 is 44.7 Å². The first kappa shape index (κ1) is 28.9. The minimum atomic E-state index is -4.62. The van der Waals surface area contributed by atoms with Gasteiger partial charge in [0.05, 0.1) is 17.9 Å². The number of benzene rings is 1. The topological polar surface area (TPSA) is 132 Å². The van der Waals surface area contributed by atoms with E-state index in [1.165, 1.54) is 12.1 Å². The number of carbonyl (C=O) groups is 2. The summed E-state index contributed by atoms with van der Waals surface area (Å²) in [5.41, 5.74) is 0.228. The number of aryl methyl sites for hydroxylation is 1. The maximum atomic E-state index is 15.2. The van der Waals surface area contributed by atoms with Gasteiger partial charge in [-0.15, -0.1) is 0 Å². The van der Waals surface area contributed by atoms with E-state index < -0.39 is 57.9 Å². The van der Waals surface area contributed by atoms with Crippen molar-refractivity contribution >= 4 is 27.5 Å². The van der Waals surface area contributed by atoms with E-state index in [0.717, 1.165) is 29.3 Å². The average Bonchev–Trinajstić information content (AvgIpc) is 3.19. The molecule has 0 aliphatic carbocycles. The molecular weight excluding hydrogens is 565 g/mol. The number of ether oxygens (including phenoxy) is 1. The molecule has 0 spiro atoms. The Bertz CT molecular complexity index is 1570. The van der Waals surface area contributed by atoms with E-state index in [1.807, 2.05) is 0 Å². The van der Waals surface area contributed by atoms with Crippen LogP contribution in [0.15, 0.2) is 30.5 Å². The fourth-order valence-corrected chi connectivity index (χ4v) is 4.80. The van der Waals surface area contributed by atoms with Crippen molar-refractivity contribution in [3.8, 4) is 11.6 Å². The summed E-state index contributed by atoms with van der Waals surface area (Å²) in [7, 11) is -3.74. The predicted molar refractivity (Wildman–Crippen MR) is 131 cm³/mol. The number of pyridine rings is 1. The largest absolute Gasteiger partial charge is 0.484 e. The van der Waals surface area contributed by atoms with Gasteiger partial charge in [0, 0.05) is 24.3 Å². The second-order valence-electron chi connectivity index (χ2n) is 9.00. The summed E-state index contributed by atoms with van der Waals surface area (Å²) in [4.78, 5) is 29.6. The molecule has 2 N–H and O–H groups in total. The third-order valence-corrected chi connectivity index (χ3v) is 6.57. The van der Waals surface area contributed by atoms with Crippen LogP contribution in [0.4, 0.5) is 27.8 Å². The van der Waals surface area contributed by atoms with E-state index in [2.05, 4.69) is 25.5 Å². The van der Waals surface area contributed by atoms with Crippen LogP contribution in [0.3, 0.4) is 0 Å². The van der Waals surface area contributed by atoms with E-state index in [1.54, 1.807) is 6.92 Å². The molecule has 2 aromatic heterocycles. The van der Waals surface area contributed by atoms with Gasteiger partial charge in [0.15, 0.2) is 28.1 Å². The first-order valence-corrected chi connectivity index (χ1v) is 13.8. The van der Waals surface area contributed by atoms with Crippen LogP contribution < -0.4 is 15.4 Å². The second kappa shape index (κ2) is 10.8. The average molecular weight is 588 g/mol. The zero-order valence-electron chi connectivity index (χ0n) is 21.0. The highest BCUT2D eigenvalue weighted by Crippen LogP contribution is 2.35. The number of hydrogen-bond acceptors (Lipinski definition) is 7. The highest BCUT2D eigenvalue weighted by atomic mass is 32.2. The summed E-state index contributed by atoms with van der Waals surface area (Å²) in [5.74, 6) is -4.83. The van der Waals surface area contributed by atoms with E-state index in [4.69, 9.17) is 0 Å².